The van der Waals surface area contributed by atoms with Gasteiger partial charge in [0, 0.05) is 19.3 Å². The molecule has 0 fully saturated rings. The van der Waals surface area contributed by atoms with Crippen LogP contribution in [0, 0.1) is 0 Å². The van der Waals surface area contributed by atoms with Crippen molar-refractivity contribution in [2.24, 2.45) is 0 Å². The third-order valence-corrected chi connectivity index (χ3v) is 14.5. The molecule has 0 aromatic rings. The van der Waals surface area contributed by atoms with Crippen molar-refractivity contribution in [3.8, 4) is 0 Å². The van der Waals surface area contributed by atoms with Crippen LogP contribution in [0.2, 0.25) is 0 Å². The molecule has 0 bridgehead atoms. The topological polar surface area (TPSA) is 78.9 Å². The zero-order valence-electron chi connectivity index (χ0n) is 47.6. The summed E-state index contributed by atoms with van der Waals surface area (Å²) in [6.07, 6.45) is 69.2. The molecule has 0 N–H and O–H groups in total. The van der Waals surface area contributed by atoms with Gasteiger partial charge in [-0.15, -0.1) is 0 Å². The first-order valence-corrected chi connectivity index (χ1v) is 31.7. The van der Waals surface area contributed by atoms with E-state index in [0.29, 0.717) is 19.3 Å². The average molecular weight is 988 g/mol. The number of esters is 3. The molecule has 0 spiro atoms. The molecule has 0 aliphatic heterocycles. The average Bonchev–Trinajstić information content (AvgIpc) is 3.36. The maximum atomic E-state index is 12.9. The highest BCUT2D eigenvalue weighted by molar-refractivity contribution is 5.71. The predicted molar refractivity (Wildman–Crippen MR) is 303 cm³/mol. The summed E-state index contributed by atoms with van der Waals surface area (Å²) in [5, 5.41) is 0. The fourth-order valence-corrected chi connectivity index (χ4v) is 9.74. The molecule has 6 nitrogen and oxygen atoms in total. The molecule has 0 aromatic heterocycles. The number of rotatable bonds is 59. The van der Waals surface area contributed by atoms with Crippen molar-refractivity contribution in [1.82, 2.24) is 0 Å². The van der Waals surface area contributed by atoms with Gasteiger partial charge >= 0.3 is 17.9 Å². The van der Waals surface area contributed by atoms with Crippen LogP contribution in [0.4, 0.5) is 0 Å². The van der Waals surface area contributed by atoms with Crippen LogP contribution in [0.3, 0.4) is 0 Å². The van der Waals surface area contributed by atoms with Gasteiger partial charge in [0.05, 0.1) is 0 Å². The molecule has 0 saturated heterocycles. The van der Waals surface area contributed by atoms with Crippen LogP contribution in [0.1, 0.15) is 361 Å². The summed E-state index contributed by atoms with van der Waals surface area (Å²) in [4.78, 5) is 38.3. The molecule has 0 aliphatic carbocycles. The van der Waals surface area contributed by atoms with Crippen molar-refractivity contribution in [3.63, 3.8) is 0 Å². The lowest BCUT2D eigenvalue weighted by atomic mass is 10.0. The molecule has 0 unspecified atom stereocenters. The summed E-state index contributed by atoms with van der Waals surface area (Å²) in [6.45, 7) is 6.71. The predicted octanol–water partition coefficient (Wildman–Crippen LogP) is 21.3. The van der Waals surface area contributed by atoms with Gasteiger partial charge in [-0.3, -0.25) is 14.4 Å². The van der Waals surface area contributed by atoms with Crippen molar-refractivity contribution in [1.29, 1.82) is 0 Å². The van der Waals surface area contributed by atoms with Gasteiger partial charge in [-0.25, -0.2) is 0 Å². The van der Waals surface area contributed by atoms with Gasteiger partial charge in [0.2, 0.25) is 0 Å². The van der Waals surface area contributed by atoms with Crippen molar-refractivity contribution >= 4 is 17.9 Å². The Hall–Kier alpha value is -1.85. The van der Waals surface area contributed by atoms with Crippen molar-refractivity contribution in [2.75, 3.05) is 13.2 Å². The third kappa shape index (κ3) is 57.1. The second kappa shape index (κ2) is 59.7. The monoisotopic (exact) mass is 987 g/mol. The molecule has 414 valence electrons. The Balaban J connectivity index is 4.30. The SMILES string of the molecule is CCCCCCCC/C=C\CCCCCCCCCCCC(=O)OC[C@@H](COC(=O)CCCCCCCCCCCCCCCCC)OC(=O)CCCCCCCCCCCCCCCCCCCC. The Labute approximate surface area is 437 Å². The van der Waals surface area contributed by atoms with Gasteiger partial charge in [-0.05, 0) is 44.9 Å². The summed E-state index contributed by atoms with van der Waals surface area (Å²) in [7, 11) is 0. The van der Waals surface area contributed by atoms with Crippen LogP contribution in [-0.4, -0.2) is 37.2 Å². The van der Waals surface area contributed by atoms with Crippen LogP contribution in [0.25, 0.3) is 0 Å². The van der Waals surface area contributed by atoms with Gasteiger partial charge in [0.15, 0.2) is 6.10 Å². The minimum atomic E-state index is -0.766. The van der Waals surface area contributed by atoms with Crippen LogP contribution in [0.15, 0.2) is 12.2 Å². The quantitative estimate of drug-likeness (QED) is 0.0261. The Bertz CT molecular complexity index is 1090. The van der Waals surface area contributed by atoms with Gasteiger partial charge in [0.25, 0.3) is 0 Å². The molecule has 0 amide bonds. The van der Waals surface area contributed by atoms with E-state index in [1.807, 2.05) is 0 Å². The fourth-order valence-electron chi connectivity index (χ4n) is 9.74. The number of allylic oxidation sites excluding steroid dienone is 2. The number of ether oxygens (including phenoxy) is 3. The van der Waals surface area contributed by atoms with E-state index in [-0.39, 0.29) is 31.1 Å². The van der Waals surface area contributed by atoms with Crippen LogP contribution < -0.4 is 0 Å². The first kappa shape index (κ1) is 68.2. The Kier molecular flexibility index (Phi) is 58.1. The van der Waals surface area contributed by atoms with Crippen LogP contribution in [-0.2, 0) is 28.6 Å². The molecule has 70 heavy (non-hydrogen) atoms. The van der Waals surface area contributed by atoms with E-state index in [2.05, 4.69) is 32.9 Å². The molecule has 0 rings (SSSR count). The molecule has 0 aliphatic rings. The highest BCUT2D eigenvalue weighted by atomic mass is 16.6. The highest BCUT2D eigenvalue weighted by Crippen LogP contribution is 2.18. The molecule has 0 radical (unpaired) electrons. The normalized spacial score (nSPS) is 12.0. The molecule has 0 aromatic carbocycles. The lowest BCUT2D eigenvalue weighted by molar-refractivity contribution is -0.167. The Morgan fingerprint density at radius 1 is 0.271 bits per heavy atom. The zero-order chi connectivity index (χ0) is 50.7. The number of hydrogen-bond acceptors (Lipinski definition) is 6. The van der Waals surface area contributed by atoms with E-state index in [1.54, 1.807) is 0 Å². The molecule has 1 atom stereocenters. The maximum absolute atomic E-state index is 12.9. The standard InChI is InChI=1S/C64H122O6/c1-4-7-10-13-16-19-22-25-28-30-32-34-36-39-42-45-48-51-54-57-63(66)69-60-61(59-68-62(65)56-53-50-47-44-41-38-35-27-24-21-18-15-12-9-6-3)70-64(67)58-55-52-49-46-43-40-37-33-31-29-26-23-20-17-14-11-8-5-2/h25,28,61H,4-24,26-27,29-60H2,1-3H3/b28-25-/t61-/m1/s1. The number of carbonyl (C=O) groups is 3. The largest absolute Gasteiger partial charge is 0.462 e. The van der Waals surface area contributed by atoms with E-state index in [0.717, 1.165) is 57.8 Å². The highest BCUT2D eigenvalue weighted by Gasteiger charge is 2.19. The van der Waals surface area contributed by atoms with Crippen LogP contribution >= 0.6 is 0 Å². The van der Waals surface area contributed by atoms with Gasteiger partial charge in [-0.1, -0.05) is 309 Å². The lowest BCUT2D eigenvalue weighted by Gasteiger charge is -2.18. The zero-order valence-corrected chi connectivity index (χ0v) is 47.6. The summed E-state index contributed by atoms with van der Waals surface area (Å²) in [5.74, 6) is -0.835. The minimum absolute atomic E-state index is 0.0638. The first-order chi connectivity index (χ1) is 34.5. The second-order valence-corrected chi connectivity index (χ2v) is 21.7. The van der Waals surface area contributed by atoms with Crippen molar-refractivity contribution in [3.05, 3.63) is 12.2 Å². The summed E-state index contributed by atoms with van der Waals surface area (Å²) >= 11 is 0. The Morgan fingerprint density at radius 2 is 0.471 bits per heavy atom. The summed E-state index contributed by atoms with van der Waals surface area (Å²) in [5.41, 5.74) is 0. The van der Waals surface area contributed by atoms with Gasteiger partial charge < -0.3 is 14.2 Å². The van der Waals surface area contributed by atoms with Gasteiger partial charge in [0.1, 0.15) is 13.2 Å². The molecular weight excluding hydrogens is 865 g/mol. The Morgan fingerprint density at radius 3 is 0.714 bits per heavy atom. The van der Waals surface area contributed by atoms with E-state index in [4.69, 9.17) is 14.2 Å². The van der Waals surface area contributed by atoms with E-state index in [9.17, 15) is 14.4 Å². The molecule has 6 heteroatoms. The molecule has 0 saturated carbocycles. The van der Waals surface area contributed by atoms with E-state index >= 15 is 0 Å². The number of hydrogen-bond donors (Lipinski definition) is 0. The van der Waals surface area contributed by atoms with Gasteiger partial charge in [-0.2, -0.15) is 0 Å². The summed E-state index contributed by atoms with van der Waals surface area (Å²) < 4.78 is 16.9. The maximum Gasteiger partial charge on any atom is 0.306 e. The number of unbranched alkanes of at least 4 members (excludes halogenated alkanes) is 46. The lowest BCUT2D eigenvalue weighted by Crippen LogP contribution is -2.30. The van der Waals surface area contributed by atoms with E-state index < -0.39 is 6.10 Å². The fraction of sp³-hybridized carbons (Fsp3) is 0.922. The molecular formula is C64H122O6. The molecule has 0 heterocycles. The number of carbonyl (C=O) groups excluding carboxylic acids is 3. The van der Waals surface area contributed by atoms with E-state index in [1.165, 1.54) is 263 Å². The van der Waals surface area contributed by atoms with Crippen molar-refractivity contribution in [2.45, 2.75) is 367 Å². The van der Waals surface area contributed by atoms with Crippen molar-refractivity contribution < 1.29 is 28.6 Å². The first-order valence-electron chi connectivity index (χ1n) is 31.7. The third-order valence-electron chi connectivity index (χ3n) is 14.5. The summed E-state index contributed by atoms with van der Waals surface area (Å²) in [6, 6.07) is 0. The smallest absolute Gasteiger partial charge is 0.306 e. The minimum Gasteiger partial charge on any atom is -0.462 e. The second-order valence-electron chi connectivity index (χ2n) is 21.7. The van der Waals surface area contributed by atoms with Crippen LogP contribution in [0.5, 0.6) is 0 Å².